The van der Waals surface area contributed by atoms with Gasteiger partial charge in [-0.25, -0.2) is 0 Å². The Morgan fingerprint density at radius 3 is 2.31 bits per heavy atom. The summed E-state index contributed by atoms with van der Waals surface area (Å²) in [6.45, 7) is 8.38. The van der Waals surface area contributed by atoms with Gasteiger partial charge in [0.1, 0.15) is 6.54 Å². The number of hydrogen-bond acceptors (Lipinski definition) is 0. The van der Waals surface area contributed by atoms with Crippen molar-refractivity contribution >= 4 is 6.08 Å². The average molecular weight is 218 g/mol. The lowest BCUT2D eigenvalue weighted by Crippen LogP contribution is -2.39. The first kappa shape index (κ1) is 13.0. The van der Waals surface area contributed by atoms with Crippen molar-refractivity contribution in [1.29, 1.82) is 0 Å². The highest BCUT2D eigenvalue weighted by Gasteiger charge is 2.14. The van der Waals surface area contributed by atoms with Crippen LogP contribution in [0.25, 0.3) is 6.08 Å². The Bertz CT molecular complexity index is 322. The van der Waals surface area contributed by atoms with Crippen molar-refractivity contribution in [2.75, 3.05) is 20.6 Å². The summed E-state index contributed by atoms with van der Waals surface area (Å²) in [4.78, 5) is 0. The third kappa shape index (κ3) is 4.19. The van der Waals surface area contributed by atoms with E-state index >= 15 is 0 Å². The molecule has 0 aliphatic rings. The highest BCUT2D eigenvalue weighted by molar-refractivity contribution is 5.47. The Morgan fingerprint density at radius 1 is 1.19 bits per heavy atom. The van der Waals surface area contributed by atoms with E-state index in [1.807, 2.05) is 6.08 Å². The second-order valence-corrected chi connectivity index (χ2v) is 5.12. The molecule has 0 N–H and O–H groups in total. The zero-order chi connectivity index (χ0) is 12.0. The molecule has 0 aliphatic heterocycles. The number of unbranched alkanes of at least 4 members (excludes halogenated alkanes) is 1. The van der Waals surface area contributed by atoms with Gasteiger partial charge in [-0.2, -0.15) is 0 Å². The SMILES string of the molecule is C=Cc1ccc(C[N+](C)(C)CCCC)cc1. The molecule has 0 radical (unpaired) electrons. The van der Waals surface area contributed by atoms with Crippen molar-refractivity contribution < 1.29 is 4.48 Å². The van der Waals surface area contributed by atoms with Gasteiger partial charge in [-0.3, -0.25) is 0 Å². The summed E-state index contributed by atoms with van der Waals surface area (Å²) in [5.41, 5.74) is 2.61. The molecular formula is C15H24N+. The minimum Gasteiger partial charge on any atom is -0.325 e. The summed E-state index contributed by atoms with van der Waals surface area (Å²) in [7, 11) is 4.61. The summed E-state index contributed by atoms with van der Waals surface area (Å²) < 4.78 is 1.07. The number of hydrogen-bond donors (Lipinski definition) is 0. The molecule has 1 aromatic carbocycles. The Balaban J connectivity index is 2.60. The second-order valence-electron chi connectivity index (χ2n) is 5.12. The molecule has 88 valence electrons. The van der Waals surface area contributed by atoms with E-state index in [0.29, 0.717) is 0 Å². The molecule has 0 aliphatic carbocycles. The van der Waals surface area contributed by atoms with E-state index in [1.165, 1.54) is 30.5 Å². The average Bonchev–Trinajstić information content (AvgIpc) is 2.27. The van der Waals surface area contributed by atoms with Gasteiger partial charge in [0.2, 0.25) is 0 Å². The zero-order valence-electron chi connectivity index (χ0n) is 10.9. The molecule has 0 spiro atoms. The Kier molecular flexibility index (Phi) is 4.75. The molecule has 0 saturated heterocycles. The van der Waals surface area contributed by atoms with Crippen LogP contribution in [-0.4, -0.2) is 25.1 Å². The van der Waals surface area contributed by atoms with Crippen molar-refractivity contribution in [2.24, 2.45) is 0 Å². The van der Waals surface area contributed by atoms with Crippen LogP contribution in [-0.2, 0) is 6.54 Å². The lowest BCUT2D eigenvalue weighted by molar-refractivity contribution is -0.903. The third-order valence-corrected chi connectivity index (χ3v) is 2.94. The van der Waals surface area contributed by atoms with Crippen LogP contribution in [0.5, 0.6) is 0 Å². The Morgan fingerprint density at radius 2 is 1.81 bits per heavy atom. The maximum Gasteiger partial charge on any atom is 0.104 e. The summed E-state index contributed by atoms with van der Waals surface area (Å²) >= 11 is 0. The zero-order valence-corrected chi connectivity index (χ0v) is 10.9. The maximum atomic E-state index is 3.77. The molecule has 0 unspecified atom stereocenters. The first-order valence-electron chi connectivity index (χ1n) is 6.11. The number of rotatable bonds is 6. The van der Waals surface area contributed by atoms with Crippen LogP contribution in [0, 0.1) is 0 Å². The van der Waals surface area contributed by atoms with Crippen LogP contribution in [0.4, 0.5) is 0 Å². The smallest absolute Gasteiger partial charge is 0.104 e. The Labute approximate surface area is 100.0 Å². The maximum absolute atomic E-state index is 3.77. The molecule has 0 heterocycles. The quantitative estimate of drug-likeness (QED) is 0.639. The monoisotopic (exact) mass is 218 g/mol. The lowest BCUT2D eigenvalue weighted by atomic mass is 10.1. The first-order valence-corrected chi connectivity index (χ1v) is 6.11. The number of nitrogens with zero attached hydrogens (tertiary/aromatic N) is 1. The third-order valence-electron chi connectivity index (χ3n) is 2.94. The normalized spacial score (nSPS) is 11.4. The van der Waals surface area contributed by atoms with Crippen LogP contribution < -0.4 is 0 Å². The molecule has 1 aromatic rings. The fraction of sp³-hybridized carbons (Fsp3) is 0.467. The van der Waals surface area contributed by atoms with Crippen molar-refractivity contribution in [3.05, 3.63) is 42.0 Å². The Hall–Kier alpha value is -1.08. The van der Waals surface area contributed by atoms with Gasteiger partial charge in [0, 0.05) is 5.56 Å². The molecule has 1 rings (SSSR count). The van der Waals surface area contributed by atoms with E-state index in [0.717, 1.165) is 11.0 Å². The summed E-state index contributed by atoms with van der Waals surface area (Å²) in [5, 5.41) is 0. The minimum atomic E-state index is 1.07. The van der Waals surface area contributed by atoms with Gasteiger partial charge in [0.25, 0.3) is 0 Å². The minimum absolute atomic E-state index is 1.07. The van der Waals surface area contributed by atoms with E-state index in [-0.39, 0.29) is 0 Å². The predicted octanol–water partition coefficient (Wildman–Crippen LogP) is 3.71. The molecular weight excluding hydrogens is 194 g/mol. The topological polar surface area (TPSA) is 0 Å². The highest BCUT2D eigenvalue weighted by Crippen LogP contribution is 2.12. The molecule has 0 atom stereocenters. The number of quaternary nitrogens is 1. The molecule has 1 heteroatoms. The molecule has 0 fully saturated rings. The van der Waals surface area contributed by atoms with Crippen LogP contribution in [0.3, 0.4) is 0 Å². The largest absolute Gasteiger partial charge is 0.325 e. The summed E-state index contributed by atoms with van der Waals surface area (Å²) in [6, 6.07) is 8.70. The van der Waals surface area contributed by atoms with E-state index in [9.17, 15) is 0 Å². The fourth-order valence-corrected chi connectivity index (χ4v) is 1.92. The van der Waals surface area contributed by atoms with Crippen LogP contribution in [0.15, 0.2) is 30.8 Å². The van der Waals surface area contributed by atoms with E-state index in [4.69, 9.17) is 0 Å². The van der Waals surface area contributed by atoms with Crippen molar-refractivity contribution in [3.8, 4) is 0 Å². The van der Waals surface area contributed by atoms with Crippen molar-refractivity contribution in [3.63, 3.8) is 0 Å². The van der Waals surface area contributed by atoms with Crippen molar-refractivity contribution in [2.45, 2.75) is 26.3 Å². The molecule has 0 aromatic heterocycles. The fourth-order valence-electron chi connectivity index (χ4n) is 1.92. The van der Waals surface area contributed by atoms with Crippen LogP contribution in [0.1, 0.15) is 30.9 Å². The molecule has 0 amide bonds. The standard InChI is InChI=1S/C15H24N/c1-5-7-12-16(3,4)13-15-10-8-14(6-2)9-11-15/h6,8-11H,2,5,7,12-13H2,1,3-4H3/q+1. The second kappa shape index (κ2) is 5.86. The van der Waals surface area contributed by atoms with Gasteiger partial charge < -0.3 is 4.48 Å². The van der Waals surface area contributed by atoms with Gasteiger partial charge in [0.15, 0.2) is 0 Å². The van der Waals surface area contributed by atoms with Crippen molar-refractivity contribution in [1.82, 2.24) is 0 Å². The first-order chi connectivity index (χ1) is 7.57. The van der Waals surface area contributed by atoms with Gasteiger partial charge in [-0.1, -0.05) is 50.3 Å². The van der Waals surface area contributed by atoms with Crippen LogP contribution >= 0.6 is 0 Å². The summed E-state index contributed by atoms with van der Waals surface area (Å²) in [6.07, 6.45) is 4.47. The number of benzene rings is 1. The van der Waals surface area contributed by atoms with Gasteiger partial charge in [0.05, 0.1) is 20.6 Å². The van der Waals surface area contributed by atoms with Gasteiger partial charge >= 0.3 is 0 Å². The van der Waals surface area contributed by atoms with E-state index < -0.39 is 0 Å². The van der Waals surface area contributed by atoms with E-state index in [1.54, 1.807) is 0 Å². The molecule has 16 heavy (non-hydrogen) atoms. The van der Waals surface area contributed by atoms with Gasteiger partial charge in [-0.05, 0) is 12.0 Å². The van der Waals surface area contributed by atoms with E-state index in [2.05, 4.69) is 51.9 Å². The predicted molar refractivity (Wildman–Crippen MR) is 72.1 cm³/mol. The van der Waals surface area contributed by atoms with Gasteiger partial charge in [-0.15, -0.1) is 0 Å². The molecule has 0 bridgehead atoms. The lowest BCUT2D eigenvalue weighted by Gasteiger charge is -2.29. The molecule has 0 saturated carbocycles. The molecule has 1 nitrogen and oxygen atoms in total. The van der Waals surface area contributed by atoms with Crippen LogP contribution in [0.2, 0.25) is 0 Å². The highest BCUT2D eigenvalue weighted by atomic mass is 15.3. The summed E-state index contributed by atoms with van der Waals surface area (Å²) in [5.74, 6) is 0.